The Bertz CT molecular complexity index is 892. The molecule has 4 rings (SSSR count). The van der Waals surface area contributed by atoms with Gasteiger partial charge in [-0.25, -0.2) is 4.98 Å². The molecule has 1 N–H and O–H groups in total. The van der Waals surface area contributed by atoms with Crippen LogP contribution in [-0.2, 0) is 6.42 Å². The van der Waals surface area contributed by atoms with Gasteiger partial charge in [0.15, 0.2) is 0 Å². The van der Waals surface area contributed by atoms with Crippen LogP contribution < -0.4 is 0 Å². The number of hydrogen-bond donors (Lipinski definition) is 1. The minimum atomic E-state index is 0.204. The first-order valence-corrected chi connectivity index (χ1v) is 9.01. The van der Waals surface area contributed by atoms with Crippen LogP contribution in [0.1, 0.15) is 30.4 Å². The molecule has 3 aromatic rings. The van der Waals surface area contributed by atoms with Gasteiger partial charge in [0.05, 0.1) is 0 Å². The summed E-state index contributed by atoms with van der Waals surface area (Å²) in [7, 11) is 4.44. The first-order chi connectivity index (χ1) is 12.2. The predicted molar refractivity (Wildman–Crippen MR) is 104 cm³/mol. The summed E-state index contributed by atoms with van der Waals surface area (Å²) in [6, 6.07) is 15.0. The molecule has 0 spiro atoms. The Labute approximate surface area is 149 Å². The molecule has 128 valence electrons. The molecule has 0 fully saturated rings. The number of allylic oxidation sites excluding steroid dienone is 1. The first-order valence-electron chi connectivity index (χ1n) is 9.01. The van der Waals surface area contributed by atoms with Gasteiger partial charge in [-0.2, -0.15) is 0 Å². The van der Waals surface area contributed by atoms with Crippen LogP contribution in [0.3, 0.4) is 0 Å². The number of pyridine rings is 1. The normalized spacial score (nSPS) is 20.8. The van der Waals surface area contributed by atoms with E-state index in [-0.39, 0.29) is 5.54 Å². The van der Waals surface area contributed by atoms with Crippen LogP contribution in [0.25, 0.3) is 16.6 Å². The van der Waals surface area contributed by atoms with Crippen LogP contribution in [0.4, 0.5) is 0 Å². The van der Waals surface area contributed by atoms with Gasteiger partial charge in [-0.3, -0.25) is 0 Å². The zero-order chi connectivity index (χ0) is 17.3. The number of nitrogens with zero attached hydrogens (tertiary/aromatic N) is 2. The molecule has 0 radical (unpaired) electrons. The summed E-state index contributed by atoms with van der Waals surface area (Å²) in [5.41, 5.74) is 5.37. The van der Waals surface area contributed by atoms with E-state index in [9.17, 15) is 0 Å². The van der Waals surface area contributed by atoms with Crippen molar-refractivity contribution in [2.45, 2.75) is 31.2 Å². The molecule has 1 aliphatic carbocycles. The Kier molecular flexibility index (Phi) is 4.18. The number of nitrogens with one attached hydrogen (secondary N) is 1. The Morgan fingerprint density at radius 2 is 1.96 bits per heavy atom. The van der Waals surface area contributed by atoms with Gasteiger partial charge < -0.3 is 9.88 Å². The van der Waals surface area contributed by atoms with Crippen molar-refractivity contribution in [3.05, 3.63) is 72.1 Å². The van der Waals surface area contributed by atoms with Gasteiger partial charge in [-0.05, 0) is 63.0 Å². The molecule has 0 bridgehead atoms. The average molecular weight is 331 g/mol. The molecule has 2 heterocycles. The Balaban J connectivity index is 1.62. The second kappa shape index (κ2) is 6.49. The highest BCUT2D eigenvalue weighted by Crippen LogP contribution is 2.39. The number of benzene rings is 1. The molecule has 2 aromatic heterocycles. The van der Waals surface area contributed by atoms with E-state index in [1.54, 1.807) is 0 Å². The highest BCUT2D eigenvalue weighted by atomic mass is 15.1. The zero-order valence-corrected chi connectivity index (χ0v) is 15.0. The van der Waals surface area contributed by atoms with Gasteiger partial charge in [0, 0.05) is 28.9 Å². The predicted octanol–water partition coefficient (Wildman–Crippen LogP) is 4.67. The second-order valence-corrected chi connectivity index (χ2v) is 7.32. The van der Waals surface area contributed by atoms with Crippen molar-refractivity contribution in [2.24, 2.45) is 0 Å². The number of H-pyrrole nitrogens is 1. The van der Waals surface area contributed by atoms with Gasteiger partial charge in [-0.1, -0.05) is 36.4 Å². The number of fused-ring (bicyclic) bond motifs is 1. The summed E-state index contributed by atoms with van der Waals surface area (Å²) in [4.78, 5) is 10.1. The van der Waals surface area contributed by atoms with Gasteiger partial charge in [-0.15, -0.1) is 0 Å². The van der Waals surface area contributed by atoms with Crippen LogP contribution in [0.5, 0.6) is 0 Å². The number of aromatic amines is 1. The van der Waals surface area contributed by atoms with Gasteiger partial charge >= 0.3 is 0 Å². The molecule has 0 saturated carbocycles. The summed E-state index contributed by atoms with van der Waals surface area (Å²) in [5.74, 6) is 0. The minimum Gasteiger partial charge on any atom is -0.346 e. The number of rotatable bonds is 4. The highest BCUT2D eigenvalue weighted by molar-refractivity contribution is 5.90. The molecule has 1 aliphatic rings. The van der Waals surface area contributed by atoms with Gasteiger partial charge in [0.25, 0.3) is 0 Å². The summed E-state index contributed by atoms with van der Waals surface area (Å²) in [6.07, 6.45) is 10.9. The second-order valence-electron chi connectivity index (χ2n) is 7.32. The van der Waals surface area contributed by atoms with Crippen molar-refractivity contribution < 1.29 is 0 Å². The van der Waals surface area contributed by atoms with E-state index in [0.717, 1.165) is 24.9 Å². The van der Waals surface area contributed by atoms with E-state index >= 15 is 0 Å². The molecule has 1 atom stereocenters. The van der Waals surface area contributed by atoms with Crippen molar-refractivity contribution in [3.8, 4) is 0 Å². The lowest BCUT2D eigenvalue weighted by atomic mass is 9.76. The average Bonchev–Trinajstić information content (AvgIpc) is 3.07. The monoisotopic (exact) mass is 331 g/mol. The van der Waals surface area contributed by atoms with Gasteiger partial charge in [0.2, 0.25) is 0 Å². The maximum atomic E-state index is 4.42. The molecule has 0 aliphatic heterocycles. The number of likely N-dealkylation sites (N-methyl/N-ethyl adjacent to an activating group) is 1. The molecule has 25 heavy (non-hydrogen) atoms. The summed E-state index contributed by atoms with van der Waals surface area (Å²) < 4.78 is 0. The molecule has 3 nitrogen and oxygen atoms in total. The summed E-state index contributed by atoms with van der Waals surface area (Å²) in [6.45, 7) is 0. The van der Waals surface area contributed by atoms with Crippen LogP contribution >= 0.6 is 0 Å². The Morgan fingerprint density at radius 1 is 1.12 bits per heavy atom. The highest BCUT2D eigenvalue weighted by Gasteiger charge is 2.34. The Hall–Kier alpha value is -2.39. The smallest absolute Gasteiger partial charge is 0.137 e. The molecular weight excluding hydrogens is 306 g/mol. The molecule has 3 heteroatoms. The Morgan fingerprint density at radius 3 is 2.68 bits per heavy atom. The van der Waals surface area contributed by atoms with Crippen LogP contribution in [0.15, 0.2) is 60.9 Å². The van der Waals surface area contributed by atoms with Crippen LogP contribution in [0.2, 0.25) is 0 Å². The van der Waals surface area contributed by atoms with Crippen molar-refractivity contribution in [1.82, 2.24) is 14.9 Å². The van der Waals surface area contributed by atoms with Crippen molar-refractivity contribution >= 4 is 16.6 Å². The zero-order valence-electron chi connectivity index (χ0n) is 15.0. The number of aromatic nitrogens is 2. The third-order valence-corrected chi connectivity index (χ3v) is 5.71. The fourth-order valence-electron chi connectivity index (χ4n) is 4.05. The van der Waals surface area contributed by atoms with Crippen LogP contribution in [-0.4, -0.2) is 34.5 Å². The van der Waals surface area contributed by atoms with E-state index in [1.165, 1.54) is 28.5 Å². The van der Waals surface area contributed by atoms with E-state index in [4.69, 9.17) is 0 Å². The van der Waals surface area contributed by atoms with Crippen molar-refractivity contribution in [2.75, 3.05) is 14.1 Å². The van der Waals surface area contributed by atoms with Crippen molar-refractivity contribution in [3.63, 3.8) is 0 Å². The van der Waals surface area contributed by atoms with E-state index < -0.39 is 0 Å². The van der Waals surface area contributed by atoms with E-state index in [1.807, 2.05) is 12.3 Å². The molecule has 0 amide bonds. The summed E-state index contributed by atoms with van der Waals surface area (Å²) in [5, 5.41) is 1.23. The maximum Gasteiger partial charge on any atom is 0.137 e. The minimum absolute atomic E-state index is 0.204. The van der Waals surface area contributed by atoms with E-state index in [0.29, 0.717) is 0 Å². The molecule has 1 unspecified atom stereocenters. The largest absolute Gasteiger partial charge is 0.346 e. The fraction of sp³-hybridized carbons (Fsp3) is 0.318. The topological polar surface area (TPSA) is 31.9 Å². The van der Waals surface area contributed by atoms with Crippen molar-refractivity contribution in [1.29, 1.82) is 0 Å². The van der Waals surface area contributed by atoms with Crippen LogP contribution in [0, 0.1) is 0 Å². The maximum absolute atomic E-state index is 4.42. The SMILES string of the molecule is CN(C)C1(Cc2ccccc2)CC=C(c2c[nH]c3ncccc23)CC1. The molecule has 1 aromatic carbocycles. The summed E-state index contributed by atoms with van der Waals surface area (Å²) >= 11 is 0. The molecule has 0 saturated heterocycles. The van der Waals surface area contributed by atoms with E-state index in [2.05, 4.69) is 77.6 Å². The quantitative estimate of drug-likeness (QED) is 0.753. The molecular formula is C22H25N3. The fourth-order valence-corrected chi connectivity index (χ4v) is 4.05. The standard InChI is InChI=1S/C22H25N3/c1-25(2)22(15-17-7-4-3-5-8-17)12-10-18(11-13-22)20-16-24-21-19(20)9-6-14-23-21/h3-10,14,16H,11-13,15H2,1-2H3,(H,23,24). The third-order valence-electron chi connectivity index (χ3n) is 5.71. The lowest BCUT2D eigenvalue weighted by Gasteiger charge is -2.42. The van der Waals surface area contributed by atoms with Gasteiger partial charge in [0.1, 0.15) is 5.65 Å². The first kappa shape index (κ1) is 16.1. The lowest BCUT2D eigenvalue weighted by Crippen LogP contribution is -2.47. The lowest BCUT2D eigenvalue weighted by molar-refractivity contribution is 0.138. The third kappa shape index (κ3) is 3.00. The number of hydrogen-bond acceptors (Lipinski definition) is 2.